The van der Waals surface area contributed by atoms with Crippen LogP contribution < -0.4 is 5.56 Å². The number of hydrogen-bond donors (Lipinski definition) is 1. The van der Waals surface area contributed by atoms with Crippen LogP contribution in [-0.4, -0.2) is 22.5 Å². The maximum absolute atomic E-state index is 11.9. The highest BCUT2D eigenvalue weighted by atomic mass is 79.9. The van der Waals surface area contributed by atoms with Crippen LogP contribution >= 0.6 is 27.5 Å². The van der Waals surface area contributed by atoms with Crippen LogP contribution in [0, 0.1) is 0 Å². The van der Waals surface area contributed by atoms with E-state index in [0.29, 0.717) is 20.4 Å². The van der Waals surface area contributed by atoms with Gasteiger partial charge in [-0.2, -0.15) is 0 Å². The van der Waals surface area contributed by atoms with Crippen LogP contribution in [0.5, 0.6) is 0 Å². The van der Waals surface area contributed by atoms with Gasteiger partial charge in [-0.25, -0.2) is 4.98 Å². The molecule has 0 atom stereocenters. The molecule has 0 aliphatic heterocycles. The number of halogens is 2. The van der Waals surface area contributed by atoms with E-state index in [4.69, 9.17) is 16.3 Å². The molecule has 1 aromatic carbocycles. The number of esters is 1. The number of nitrogens with one attached hydrogen (secondary N) is 1. The van der Waals surface area contributed by atoms with Gasteiger partial charge in [-0.3, -0.25) is 9.59 Å². The van der Waals surface area contributed by atoms with Crippen molar-refractivity contribution >= 4 is 44.4 Å². The maximum Gasteiger partial charge on any atom is 0.313 e. The monoisotopic (exact) mass is 344 g/mol. The first-order valence-corrected chi connectivity index (χ1v) is 6.72. The standard InChI is InChI=1S/C12H10BrClN2O3/c1-2-19-10(17)5-9-15-11-7(12(18)16-9)3-6(14)4-8(11)13/h3-4H,2,5H2,1H3,(H,15,16,18). The van der Waals surface area contributed by atoms with E-state index in [0.717, 1.165) is 0 Å². The molecule has 0 aliphatic carbocycles. The van der Waals surface area contributed by atoms with E-state index in [9.17, 15) is 9.59 Å². The Morgan fingerprint density at radius 2 is 2.26 bits per heavy atom. The number of H-pyrrole nitrogens is 1. The summed E-state index contributed by atoms with van der Waals surface area (Å²) in [4.78, 5) is 30.1. The molecule has 100 valence electrons. The summed E-state index contributed by atoms with van der Waals surface area (Å²) in [5.41, 5.74) is 0.125. The van der Waals surface area contributed by atoms with E-state index in [1.54, 1.807) is 13.0 Å². The summed E-state index contributed by atoms with van der Waals surface area (Å²) in [6.45, 7) is 2.00. The zero-order chi connectivity index (χ0) is 14.0. The van der Waals surface area contributed by atoms with E-state index in [1.165, 1.54) is 6.07 Å². The van der Waals surface area contributed by atoms with Gasteiger partial charge in [0.15, 0.2) is 0 Å². The first-order chi connectivity index (χ1) is 9.01. The van der Waals surface area contributed by atoms with Gasteiger partial charge in [0.25, 0.3) is 5.56 Å². The highest BCUT2D eigenvalue weighted by molar-refractivity contribution is 9.10. The van der Waals surface area contributed by atoms with Gasteiger partial charge in [-0.1, -0.05) is 11.6 Å². The lowest BCUT2D eigenvalue weighted by Crippen LogP contribution is -2.16. The summed E-state index contributed by atoms with van der Waals surface area (Å²) >= 11 is 9.17. The highest BCUT2D eigenvalue weighted by Crippen LogP contribution is 2.24. The Kier molecular flexibility index (Phi) is 4.21. The molecule has 2 rings (SSSR count). The average molecular weight is 346 g/mol. The Labute approximate surface area is 122 Å². The largest absolute Gasteiger partial charge is 0.466 e. The molecule has 2 aromatic rings. The molecule has 0 spiro atoms. The third kappa shape index (κ3) is 3.13. The number of nitrogens with zero attached hydrogens (tertiary/aromatic N) is 1. The molecular weight excluding hydrogens is 336 g/mol. The highest BCUT2D eigenvalue weighted by Gasteiger charge is 2.11. The third-order valence-electron chi connectivity index (χ3n) is 2.39. The Balaban J connectivity index is 2.50. The van der Waals surface area contributed by atoms with Gasteiger partial charge in [0, 0.05) is 9.50 Å². The number of ether oxygens (including phenoxy) is 1. The summed E-state index contributed by atoms with van der Waals surface area (Å²) in [6, 6.07) is 3.17. The molecule has 1 aromatic heterocycles. The molecule has 0 bridgehead atoms. The first-order valence-electron chi connectivity index (χ1n) is 5.55. The second-order valence-electron chi connectivity index (χ2n) is 3.78. The SMILES string of the molecule is CCOC(=O)Cc1nc2c(Br)cc(Cl)cc2c(=O)[nH]1. The molecule has 7 heteroatoms. The van der Waals surface area contributed by atoms with Crippen molar-refractivity contribution in [1.29, 1.82) is 0 Å². The number of benzene rings is 1. The molecule has 19 heavy (non-hydrogen) atoms. The summed E-state index contributed by atoms with van der Waals surface area (Å²) in [6.07, 6.45) is -0.0753. The van der Waals surface area contributed by atoms with Crippen LogP contribution in [0.1, 0.15) is 12.7 Å². The van der Waals surface area contributed by atoms with Crippen molar-refractivity contribution in [2.24, 2.45) is 0 Å². The Morgan fingerprint density at radius 1 is 1.53 bits per heavy atom. The van der Waals surface area contributed by atoms with E-state index in [2.05, 4.69) is 25.9 Å². The van der Waals surface area contributed by atoms with Crippen LogP contribution in [-0.2, 0) is 16.0 Å². The van der Waals surface area contributed by atoms with Gasteiger partial charge in [0.05, 0.1) is 17.5 Å². The molecule has 0 saturated carbocycles. The van der Waals surface area contributed by atoms with Crippen molar-refractivity contribution in [3.63, 3.8) is 0 Å². The minimum atomic E-state index is -0.435. The molecule has 0 saturated heterocycles. The number of hydrogen-bond acceptors (Lipinski definition) is 4. The van der Waals surface area contributed by atoms with Gasteiger partial charge in [0.1, 0.15) is 12.2 Å². The van der Waals surface area contributed by atoms with Crippen LogP contribution in [0.25, 0.3) is 10.9 Å². The van der Waals surface area contributed by atoms with Crippen molar-refractivity contribution in [3.05, 3.63) is 37.8 Å². The van der Waals surface area contributed by atoms with Crippen molar-refractivity contribution in [3.8, 4) is 0 Å². The second-order valence-corrected chi connectivity index (χ2v) is 5.07. The normalized spacial score (nSPS) is 10.7. The van der Waals surface area contributed by atoms with Crippen molar-refractivity contribution in [2.45, 2.75) is 13.3 Å². The topological polar surface area (TPSA) is 72.0 Å². The molecule has 0 fully saturated rings. The molecule has 1 heterocycles. The Hall–Kier alpha value is -1.40. The summed E-state index contributed by atoms with van der Waals surface area (Å²) in [5.74, 6) is -0.172. The molecule has 1 N–H and O–H groups in total. The van der Waals surface area contributed by atoms with Crippen molar-refractivity contribution in [1.82, 2.24) is 9.97 Å². The van der Waals surface area contributed by atoms with E-state index >= 15 is 0 Å². The number of rotatable bonds is 3. The minimum absolute atomic E-state index is 0.0753. The lowest BCUT2D eigenvalue weighted by atomic mass is 10.2. The smallest absolute Gasteiger partial charge is 0.313 e. The molecule has 0 amide bonds. The Bertz CT molecular complexity index is 699. The van der Waals surface area contributed by atoms with Crippen molar-refractivity contribution < 1.29 is 9.53 Å². The summed E-state index contributed by atoms with van der Waals surface area (Å²) < 4.78 is 5.42. The third-order valence-corrected chi connectivity index (χ3v) is 3.22. The van der Waals surface area contributed by atoms with Crippen molar-refractivity contribution in [2.75, 3.05) is 6.61 Å². The molecule has 0 unspecified atom stereocenters. The van der Waals surface area contributed by atoms with Crippen LogP contribution in [0.3, 0.4) is 0 Å². The quantitative estimate of drug-likeness (QED) is 0.867. The number of fused-ring (bicyclic) bond motifs is 1. The zero-order valence-electron chi connectivity index (χ0n) is 10.00. The maximum atomic E-state index is 11.9. The van der Waals surface area contributed by atoms with Gasteiger partial charge in [-0.15, -0.1) is 0 Å². The van der Waals surface area contributed by atoms with Gasteiger partial charge >= 0.3 is 5.97 Å². The van der Waals surface area contributed by atoms with Crippen LogP contribution in [0.15, 0.2) is 21.4 Å². The number of aromatic nitrogens is 2. The molecule has 5 nitrogen and oxygen atoms in total. The summed E-state index contributed by atoms with van der Waals surface area (Å²) in [5, 5.41) is 0.803. The Morgan fingerprint density at radius 3 is 2.95 bits per heavy atom. The predicted molar refractivity (Wildman–Crippen MR) is 75.4 cm³/mol. The summed E-state index contributed by atoms with van der Waals surface area (Å²) in [7, 11) is 0. The first kappa shape index (κ1) is 14.0. The molecule has 0 radical (unpaired) electrons. The molecule has 0 aliphatic rings. The molecular formula is C12H10BrClN2O3. The fraction of sp³-hybridized carbons (Fsp3) is 0.250. The number of aromatic amines is 1. The van der Waals surface area contributed by atoms with E-state index < -0.39 is 5.97 Å². The lowest BCUT2D eigenvalue weighted by Gasteiger charge is -2.05. The van der Waals surface area contributed by atoms with E-state index in [-0.39, 0.29) is 24.4 Å². The van der Waals surface area contributed by atoms with E-state index in [1.807, 2.05) is 0 Å². The fourth-order valence-corrected chi connectivity index (χ4v) is 2.55. The van der Waals surface area contributed by atoms with Gasteiger partial charge < -0.3 is 9.72 Å². The van der Waals surface area contributed by atoms with Gasteiger partial charge in [-0.05, 0) is 35.0 Å². The lowest BCUT2D eigenvalue weighted by molar-refractivity contribution is -0.142. The fourth-order valence-electron chi connectivity index (χ4n) is 1.65. The average Bonchev–Trinajstić information content (AvgIpc) is 2.31. The predicted octanol–water partition coefficient (Wildman–Crippen LogP) is 2.44. The minimum Gasteiger partial charge on any atom is -0.466 e. The van der Waals surface area contributed by atoms with Crippen LogP contribution in [0.4, 0.5) is 0 Å². The number of carbonyl (C=O) groups is 1. The van der Waals surface area contributed by atoms with Crippen LogP contribution in [0.2, 0.25) is 5.02 Å². The second kappa shape index (κ2) is 5.71. The zero-order valence-corrected chi connectivity index (χ0v) is 12.3. The number of carbonyl (C=O) groups excluding carboxylic acids is 1. The van der Waals surface area contributed by atoms with Gasteiger partial charge in [0.2, 0.25) is 0 Å².